The molecule has 0 unspecified atom stereocenters. The third-order valence-electron chi connectivity index (χ3n) is 6.23. The van der Waals surface area contributed by atoms with E-state index in [-0.39, 0.29) is 29.4 Å². The monoisotopic (exact) mass is 509 g/mol. The highest BCUT2D eigenvalue weighted by molar-refractivity contribution is 7.90. The maximum absolute atomic E-state index is 13.7. The molecule has 188 valence electrons. The lowest BCUT2D eigenvalue weighted by Gasteiger charge is -2.16. The van der Waals surface area contributed by atoms with E-state index < -0.39 is 21.7 Å². The number of nitrogens with one attached hydrogen (secondary N) is 1. The number of halogens is 1. The second-order valence-electron chi connectivity index (χ2n) is 8.81. The molecule has 0 saturated heterocycles. The number of pyridine rings is 1. The maximum Gasteiger partial charge on any atom is 0.250 e. The quantitative estimate of drug-likeness (QED) is 0.527. The summed E-state index contributed by atoms with van der Waals surface area (Å²) in [6.07, 6.45) is 1.71. The van der Waals surface area contributed by atoms with Gasteiger partial charge in [0.05, 0.1) is 23.9 Å². The van der Waals surface area contributed by atoms with Crippen molar-refractivity contribution < 1.29 is 17.6 Å². The predicted octanol–water partition coefficient (Wildman–Crippen LogP) is 3.54. The van der Waals surface area contributed by atoms with Crippen LogP contribution in [0.15, 0.2) is 64.5 Å². The zero-order valence-corrected chi connectivity index (χ0v) is 21.2. The van der Waals surface area contributed by atoms with Gasteiger partial charge in [-0.15, -0.1) is 0 Å². The number of nitrogens with zero attached hydrogens (tertiary/aromatic N) is 2. The van der Waals surface area contributed by atoms with Crippen molar-refractivity contribution in [3.63, 3.8) is 0 Å². The Hall–Kier alpha value is -3.59. The molecule has 2 heterocycles. The molecule has 0 saturated carbocycles. The van der Waals surface area contributed by atoms with Crippen LogP contribution in [0.2, 0.25) is 0 Å². The zero-order chi connectivity index (χ0) is 26.0. The molecule has 1 amide bonds. The van der Waals surface area contributed by atoms with Crippen molar-refractivity contribution in [1.82, 2.24) is 9.88 Å². The summed E-state index contributed by atoms with van der Waals surface area (Å²) in [6, 6.07) is 12.1. The predicted molar refractivity (Wildman–Crippen MR) is 138 cm³/mol. The average Bonchev–Trinajstić information content (AvgIpc) is 2.95. The topological polar surface area (TPSA) is 97.6 Å². The Bertz CT molecular complexity index is 1510. The molecule has 1 aliphatic rings. The number of amides is 1. The van der Waals surface area contributed by atoms with Crippen LogP contribution in [0, 0.1) is 5.82 Å². The van der Waals surface area contributed by atoms with Crippen LogP contribution >= 0.6 is 0 Å². The number of fused-ring (bicyclic) bond motifs is 3. The van der Waals surface area contributed by atoms with Gasteiger partial charge in [-0.3, -0.25) is 14.6 Å². The van der Waals surface area contributed by atoms with Gasteiger partial charge < -0.3 is 9.88 Å². The van der Waals surface area contributed by atoms with Gasteiger partial charge in [-0.25, -0.2) is 12.8 Å². The first kappa shape index (κ1) is 25.5. The Morgan fingerprint density at radius 3 is 2.44 bits per heavy atom. The molecule has 7 nitrogen and oxygen atoms in total. The Labute approximate surface area is 209 Å². The van der Waals surface area contributed by atoms with Gasteiger partial charge in [0.1, 0.15) is 5.82 Å². The maximum atomic E-state index is 13.7. The van der Waals surface area contributed by atoms with Crippen LogP contribution in [0.4, 0.5) is 4.39 Å². The first-order valence-electron chi connectivity index (χ1n) is 11.8. The standard InChI is InChI=1S/C27H28FN3O4S/c1-4-29-25(32)14-24-22-13-26(33)31(3)15-23(22)21-12-17(16-36(34,35)5-2)6-11-20(21)27(30-24)18-7-9-19(28)10-8-18/h6-13,15,24H,4-5,14,16H2,1-3H3,(H,29,32)/t24-/m0/s1. The summed E-state index contributed by atoms with van der Waals surface area (Å²) in [5.41, 5.74) is 4.22. The summed E-state index contributed by atoms with van der Waals surface area (Å²) >= 11 is 0. The fraction of sp³-hybridized carbons (Fsp3) is 0.296. The van der Waals surface area contributed by atoms with Crippen LogP contribution in [0.1, 0.15) is 48.6 Å². The van der Waals surface area contributed by atoms with Crippen LogP contribution < -0.4 is 10.9 Å². The molecular weight excluding hydrogens is 481 g/mol. The molecule has 1 N–H and O–H groups in total. The molecule has 1 aromatic heterocycles. The number of carbonyl (C=O) groups excluding carboxylic acids is 1. The van der Waals surface area contributed by atoms with E-state index in [1.165, 1.54) is 22.8 Å². The van der Waals surface area contributed by atoms with Crippen LogP contribution in [-0.2, 0) is 27.4 Å². The largest absolute Gasteiger partial charge is 0.356 e. The molecule has 1 aliphatic heterocycles. The minimum Gasteiger partial charge on any atom is -0.356 e. The van der Waals surface area contributed by atoms with Gasteiger partial charge >= 0.3 is 0 Å². The van der Waals surface area contributed by atoms with Crippen molar-refractivity contribution in [1.29, 1.82) is 0 Å². The van der Waals surface area contributed by atoms with Crippen molar-refractivity contribution in [2.24, 2.45) is 12.0 Å². The summed E-state index contributed by atoms with van der Waals surface area (Å²) in [4.78, 5) is 30.2. The van der Waals surface area contributed by atoms with Crippen molar-refractivity contribution >= 4 is 21.5 Å². The number of hydrogen-bond acceptors (Lipinski definition) is 5. The van der Waals surface area contributed by atoms with Gasteiger partial charge in [-0.2, -0.15) is 0 Å². The summed E-state index contributed by atoms with van der Waals surface area (Å²) in [7, 11) is -1.65. The highest BCUT2D eigenvalue weighted by atomic mass is 32.2. The Morgan fingerprint density at radius 1 is 1.06 bits per heavy atom. The molecule has 36 heavy (non-hydrogen) atoms. The fourth-order valence-corrected chi connectivity index (χ4v) is 5.24. The molecule has 4 rings (SSSR count). The highest BCUT2D eigenvalue weighted by Crippen LogP contribution is 2.39. The van der Waals surface area contributed by atoms with Crippen molar-refractivity contribution in [2.75, 3.05) is 12.3 Å². The number of aliphatic imine (C=N–C) groups is 1. The molecule has 2 aromatic carbocycles. The molecule has 1 atom stereocenters. The number of hydrogen-bond donors (Lipinski definition) is 1. The van der Waals surface area contributed by atoms with Crippen molar-refractivity contribution in [3.8, 4) is 11.1 Å². The summed E-state index contributed by atoms with van der Waals surface area (Å²) < 4.78 is 39.9. The van der Waals surface area contributed by atoms with Crippen LogP contribution in [-0.4, -0.2) is 36.9 Å². The summed E-state index contributed by atoms with van der Waals surface area (Å²) in [5, 5.41) is 2.79. The van der Waals surface area contributed by atoms with E-state index in [2.05, 4.69) is 5.32 Å². The molecule has 3 aromatic rings. The lowest BCUT2D eigenvalue weighted by molar-refractivity contribution is -0.121. The number of benzene rings is 2. The van der Waals surface area contributed by atoms with Gasteiger partial charge in [0.25, 0.3) is 5.56 Å². The van der Waals surface area contributed by atoms with E-state index in [1.54, 1.807) is 50.5 Å². The second-order valence-corrected chi connectivity index (χ2v) is 11.2. The van der Waals surface area contributed by atoms with Crippen LogP contribution in [0.25, 0.3) is 11.1 Å². The van der Waals surface area contributed by atoms with E-state index >= 15 is 0 Å². The lowest BCUT2D eigenvalue weighted by atomic mass is 9.90. The van der Waals surface area contributed by atoms with Crippen molar-refractivity contribution in [3.05, 3.63) is 93.2 Å². The Kier molecular flexibility index (Phi) is 7.21. The number of aromatic nitrogens is 1. The third-order valence-corrected chi connectivity index (χ3v) is 7.88. The SMILES string of the molecule is CCNC(=O)C[C@@H]1N=C(c2ccc(F)cc2)c2ccc(CS(=O)(=O)CC)cc2-c2cn(C)c(=O)cc21. The first-order chi connectivity index (χ1) is 17.1. The highest BCUT2D eigenvalue weighted by Gasteiger charge is 2.28. The minimum absolute atomic E-state index is 0.0176. The fourth-order valence-electron chi connectivity index (χ4n) is 4.34. The van der Waals surface area contributed by atoms with Crippen LogP contribution in [0.3, 0.4) is 0 Å². The molecule has 0 fully saturated rings. The van der Waals surface area contributed by atoms with E-state index in [0.717, 1.165) is 0 Å². The smallest absolute Gasteiger partial charge is 0.250 e. The van der Waals surface area contributed by atoms with Gasteiger partial charge in [-0.1, -0.05) is 19.1 Å². The van der Waals surface area contributed by atoms with E-state index in [9.17, 15) is 22.4 Å². The Balaban J connectivity index is 2.00. The second kappa shape index (κ2) is 10.2. The van der Waals surface area contributed by atoms with Crippen molar-refractivity contribution in [2.45, 2.75) is 32.1 Å². The molecule has 0 radical (unpaired) electrons. The normalized spacial score (nSPS) is 14.9. The summed E-state index contributed by atoms with van der Waals surface area (Å²) in [6.45, 7) is 3.89. The average molecular weight is 510 g/mol. The van der Waals surface area contributed by atoms with Gasteiger partial charge in [0, 0.05) is 48.3 Å². The number of aryl methyl sites for hydroxylation is 1. The van der Waals surface area contributed by atoms with E-state index in [4.69, 9.17) is 4.99 Å². The first-order valence-corrected chi connectivity index (χ1v) is 13.6. The number of carbonyl (C=O) groups is 1. The minimum atomic E-state index is -3.28. The number of rotatable bonds is 7. The zero-order valence-electron chi connectivity index (χ0n) is 20.4. The van der Waals surface area contributed by atoms with E-state index in [0.29, 0.717) is 45.6 Å². The van der Waals surface area contributed by atoms with Crippen LogP contribution in [0.5, 0.6) is 0 Å². The van der Waals surface area contributed by atoms with E-state index in [1.807, 2.05) is 6.92 Å². The molecule has 0 spiro atoms. The lowest BCUT2D eigenvalue weighted by Crippen LogP contribution is -2.25. The molecule has 0 bridgehead atoms. The molecular formula is C27H28FN3O4S. The van der Waals surface area contributed by atoms with Gasteiger partial charge in [0.2, 0.25) is 5.91 Å². The molecule has 0 aliphatic carbocycles. The Morgan fingerprint density at radius 2 is 1.78 bits per heavy atom. The van der Waals surface area contributed by atoms with Gasteiger partial charge in [0.15, 0.2) is 9.84 Å². The number of sulfone groups is 1. The summed E-state index contributed by atoms with van der Waals surface area (Å²) in [5.74, 6) is -0.703. The molecule has 9 heteroatoms. The third kappa shape index (κ3) is 5.31. The van der Waals surface area contributed by atoms with Gasteiger partial charge in [-0.05, 0) is 53.9 Å².